The number of pyridine rings is 1. The van der Waals surface area contributed by atoms with E-state index in [1.54, 1.807) is 10.6 Å². The maximum Gasteiger partial charge on any atom is 0.341 e. The summed E-state index contributed by atoms with van der Waals surface area (Å²) in [4.78, 5) is 28.9. The standard InChI is InChI=1S/C25H22FN3O3/c1-27-9-11-28(12-10-27)23-14-22-18(13-20(23)26)24(30)19(25(31)32)15-29(22)21-8-4-6-16-5-2-3-7-17(16)21/h2-8,13-15H,9-12H2,1H3,(H,31,32). The predicted molar refractivity (Wildman–Crippen MR) is 124 cm³/mol. The van der Waals surface area contributed by atoms with Crippen molar-refractivity contribution in [2.75, 3.05) is 38.1 Å². The lowest BCUT2D eigenvalue weighted by molar-refractivity contribution is 0.0695. The van der Waals surface area contributed by atoms with Gasteiger partial charge >= 0.3 is 5.97 Å². The van der Waals surface area contributed by atoms with Gasteiger partial charge in [-0.05, 0) is 30.6 Å². The van der Waals surface area contributed by atoms with Crippen LogP contribution in [0.25, 0.3) is 27.4 Å². The van der Waals surface area contributed by atoms with Gasteiger partial charge < -0.3 is 19.5 Å². The molecule has 1 aliphatic rings. The van der Waals surface area contributed by atoms with E-state index in [4.69, 9.17) is 0 Å². The lowest BCUT2D eigenvalue weighted by atomic mass is 10.1. The van der Waals surface area contributed by atoms with Crippen LogP contribution in [-0.4, -0.2) is 53.8 Å². The average Bonchev–Trinajstić information content (AvgIpc) is 2.79. The molecule has 0 saturated carbocycles. The number of carboxylic acid groups (broad SMARTS) is 1. The summed E-state index contributed by atoms with van der Waals surface area (Å²) in [7, 11) is 2.03. The molecular formula is C25H22FN3O3. The van der Waals surface area contributed by atoms with Crippen molar-refractivity contribution >= 4 is 33.3 Å². The molecule has 7 heteroatoms. The maximum absolute atomic E-state index is 15.2. The van der Waals surface area contributed by atoms with Crippen molar-refractivity contribution in [3.05, 3.63) is 82.4 Å². The van der Waals surface area contributed by atoms with E-state index in [9.17, 15) is 14.7 Å². The fourth-order valence-electron chi connectivity index (χ4n) is 4.39. The summed E-state index contributed by atoms with van der Waals surface area (Å²) in [6.07, 6.45) is 1.35. The Kier molecular flexibility index (Phi) is 4.90. The van der Waals surface area contributed by atoms with Crippen LogP contribution < -0.4 is 10.3 Å². The van der Waals surface area contributed by atoms with Gasteiger partial charge in [0, 0.05) is 43.1 Å². The molecule has 1 fully saturated rings. The number of carboxylic acids is 1. The maximum atomic E-state index is 15.2. The van der Waals surface area contributed by atoms with Crippen LogP contribution in [0.3, 0.4) is 0 Å². The van der Waals surface area contributed by atoms with E-state index in [-0.39, 0.29) is 5.39 Å². The summed E-state index contributed by atoms with van der Waals surface area (Å²) >= 11 is 0. The first-order chi connectivity index (χ1) is 15.4. The highest BCUT2D eigenvalue weighted by Gasteiger charge is 2.22. The van der Waals surface area contributed by atoms with Gasteiger partial charge in [-0.1, -0.05) is 36.4 Å². The van der Waals surface area contributed by atoms with Crippen molar-refractivity contribution in [2.45, 2.75) is 0 Å². The van der Waals surface area contributed by atoms with E-state index in [0.29, 0.717) is 24.3 Å². The van der Waals surface area contributed by atoms with E-state index in [1.807, 2.05) is 54.4 Å². The van der Waals surface area contributed by atoms with Crippen molar-refractivity contribution in [2.24, 2.45) is 0 Å². The zero-order valence-corrected chi connectivity index (χ0v) is 17.6. The number of hydrogen-bond donors (Lipinski definition) is 1. The molecular weight excluding hydrogens is 409 g/mol. The van der Waals surface area contributed by atoms with Crippen LogP contribution in [0.15, 0.2) is 65.6 Å². The molecule has 162 valence electrons. The highest BCUT2D eigenvalue weighted by molar-refractivity contribution is 5.97. The normalized spacial score (nSPS) is 14.9. The third kappa shape index (κ3) is 3.31. The second-order valence-electron chi connectivity index (χ2n) is 8.16. The second-order valence-corrected chi connectivity index (χ2v) is 8.16. The van der Waals surface area contributed by atoms with Crippen molar-refractivity contribution in [1.82, 2.24) is 9.47 Å². The summed E-state index contributed by atoms with van der Waals surface area (Å²) in [6, 6.07) is 16.3. The van der Waals surface area contributed by atoms with E-state index < -0.39 is 22.8 Å². The number of fused-ring (bicyclic) bond motifs is 2. The Bertz CT molecular complexity index is 1420. The van der Waals surface area contributed by atoms with Crippen LogP contribution in [0.5, 0.6) is 0 Å². The van der Waals surface area contributed by atoms with Crippen molar-refractivity contribution in [1.29, 1.82) is 0 Å². The first-order valence-electron chi connectivity index (χ1n) is 10.5. The number of rotatable bonds is 3. The molecule has 1 aromatic heterocycles. The van der Waals surface area contributed by atoms with Gasteiger partial charge in [-0.2, -0.15) is 0 Å². The Hall–Kier alpha value is -3.71. The predicted octanol–water partition coefficient (Wildman–Crippen LogP) is 3.73. The minimum atomic E-state index is -1.34. The monoisotopic (exact) mass is 431 g/mol. The summed E-state index contributed by atoms with van der Waals surface area (Å²) in [5.41, 5.74) is 0.547. The molecule has 0 unspecified atom stereocenters. The first kappa shape index (κ1) is 20.2. The fourth-order valence-corrected chi connectivity index (χ4v) is 4.39. The molecule has 3 aromatic carbocycles. The molecule has 1 aliphatic heterocycles. The molecule has 0 aliphatic carbocycles. The zero-order chi connectivity index (χ0) is 22.4. The quantitative estimate of drug-likeness (QED) is 0.536. The van der Waals surface area contributed by atoms with Gasteiger partial charge in [0.2, 0.25) is 5.43 Å². The van der Waals surface area contributed by atoms with Crippen molar-refractivity contribution < 1.29 is 14.3 Å². The molecule has 0 bridgehead atoms. The van der Waals surface area contributed by atoms with Gasteiger partial charge in [-0.25, -0.2) is 9.18 Å². The highest BCUT2D eigenvalue weighted by atomic mass is 19.1. The Morgan fingerprint density at radius 2 is 1.66 bits per heavy atom. The van der Waals surface area contributed by atoms with Crippen LogP contribution in [0.2, 0.25) is 0 Å². The summed E-state index contributed by atoms with van der Waals surface area (Å²) < 4.78 is 16.8. The topological polar surface area (TPSA) is 65.8 Å². The fraction of sp³-hybridized carbons (Fsp3) is 0.200. The Labute approximate surface area is 183 Å². The van der Waals surface area contributed by atoms with E-state index >= 15 is 4.39 Å². The molecule has 4 aromatic rings. The number of hydrogen-bond acceptors (Lipinski definition) is 4. The number of carbonyl (C=O) groups is 1. The zero-order valence-electron chi connectivity index (χ0n) is 17.6. The number of likely N-dealkylation sites (N-methyl/N-ethyl adjacent to an activating group) is 1. The second kappa shape index (κ2) is 7.76. The molecule has 0 radical (unpaired) electrons. The van der Waals surface area contributed by atoms with Crippen LogP contribution in [0, 0.1) is 5.82 Å². The van der Waals surface area contributed by atoms with Crippen LogP contribution >= 0.6 is 0 Å². The molecule has 32 heavy (non-hydrogen) atoms. The number of anilines is 1. The smallest absolute Gasteiger partial charge is 0.341 e. The molecule has 0 amide bonds. The molecule has 6 nitrogen and oxygen atoms in total. The number of benzene rings is 3. The molecule has 1 N–H and O–H groups in total. The van der Waals surface area contributed by atoms with E-state index in [2.05, 4.69) is 4.90 Å². The Balaban J connectivity index is 1.82. The Morgan fingerprint density at radius 1 is 0.938 bits per heavy atom. The van der Waals surface area contributed by atoms with Crippen LogP contribution in [-0.2, 0) is 0 Å². The van der Waals surface area contributed by atoms with Crippen LogP contribution in [0.1, 0.15) is 10.4 Å². The lowest BCUT2D eigenvalue weighted by Gasteiger charge is -2.34. The summed E-state index contributed by atoms with van der Waals surface area (Å²) in [5, 5.41) is 11.6. The van der Waals surface area contributed by atoms with Gasteiger partial charge in [0.05, 0.1) is 16.9 Å². The third-order valence-corrected chi connectivity index (χ3v) is 6.17. The van der Waals surface area contributed by atoms with Crippen molar-refractivity contribution in [3.8, 4) is 5.69 Å². The molecule has 5 rings (SSSR count). The molecule has 1 saturated heterocycles. The van der Waals surface area contributed by atoms with Crippen molar-refractivity contribution in [3.63, 3.8) is 0 Å². The minimum absolute atomic E-state index is 0.0493. The summed E-state index contributed by atoms with van der Waals surface area (Å²) in [6.45, 7) is 2.96. The van der Waals surface area contributed by atoms with Gasteiger partial charge in [-0.3, -0.25) is 4.79 Å². The van der Waals surface area contributed by atoms with Gasteiger partial charge in [0.15, 0.2) is 0 Å². The highest BCUT2D eigenvalue weighted by Crippen LogP contribution is 2.30. The number of nitrogens with zero attached hydrogens (tertiary/aromatic N) is 3. The molecule has 0 atom stereocenters. The molecule has 0 spiro atoms. The largest absolute Gasteiger partial charge is 0.477 e. The number of aromatic nitrogens is 1. The van der Waals surface area contributed by atoms with E-state index in [1.165, 1.54) is 12.3 Å². The van der Waals surface area contributed by atoms with Gasteiger partial charge in [0.25, 0.3) is 0 Å². The Morgan fingerprint density at radius 3 is 2.41 bits per heavy atom. The average molecular weight is 431 g/mol. The SMILES string of the molecule is CN1CCN(c2cc3c(cc2F)c(=O)c(C(=O)O)cn3-c2cccc3ccccc23)CC1. The minimum Gasteiger partial charge on any atom is -0.477 e. The number of halogens is 1. The van der Waals surface area contributed by atoms with Crippen LogP contribution in [0.4, 0.5) is 10.1 Å². The third-order valence-electron chi connectivity index (χ3n) is 6.17. The number of piperazine rings is 1. The van der Waals surface area contributed by atoms with Gasteiger partial charge in [0.1, 0.15) is 11.4 Å². The van der Waals surface area contributed by atoms with Gasteiger partial charge in [-0.15, -0.1) is 0 Å². The lowest BCUT2D eigenvalue weighted by Crippen LogP contribution is -2.44. The number of aromatic carboxylic acids is 1. The molecule has 2 heterocycles. The van der Waals surface area contributed by atoms with E-state index in [0.717, 1.165) is 29.5 Å². The summed E-state index contributed by atoms with van der Waals surface area (Å²) in [5.74, 6) is -1.86. The first-order valence-corrected chi connectivity index (χ1v) is 10.5.